The van der Waals surface area contributed by atoms with Crippen LogP contribution in [0.4, 0.5) is 4.39 Å². The molecule has 0 spiro atoms. The lowest BCUT2D eigenvalue weighted by molar-refractivity contribution is -0.0290. The molecular weight excluding hydrogens is 323 g/mol. The monoisotopic (exact) mass is 344 g/mol. The topological polar surface area (TPSA) is 47.3 Å². The number of nitrogens with one attached hydrogen (secondary N) is 1. The van der Waals surface area contributed by atoms with Crippen molar-refractivity contribution >= 4 is 15.9 Å². The van der Waals surface area contributed by atoms with Gasteiger partial charge in [-0.1, -0.05) is 15.9 Å². The van der Waals surface area contributed by atoms with Gasteiger partial charge >= 0.3 is 0 Å². The van der Waals surface area contributed by atoms with Gasteiger partial charge in [-0.15, -0.1) is 0 Å². The lowest BCUT2D eigenvalue weighted by atomic mass is 9.77. The summed E-state index contributed by atoms with van der Waals surface area (Å²) in [6.45, 7) is 2.81. The summed E-state index contributed by atoms with van der Waals surface area (Å²) in [7, 11) is 0. The first-order valence-corrected chi connectivity index (χ1v) is 7.92. The summed E-state index contributed by atoms with van der Waals surface area (Å²) < 4.78 is 19.7. The van der Waals surface area contributed by atoms with Gasteiger partial charge in [0.25, 0.3) is 0 Å². The minimum absolute atomic E-state index is 0.177. The number of halogens is 2. The number of ether oxygens (including phenoxy) is 1. The van der Waals surface area contributed by atoms with Crippen LogP contribution in [0.3, 0.4) is 0 Å². The highest BCUT2D eigenvalue weighted by atomic mass is 79.9. The smallest absolute Gasteiger partial charge is 0.124 e. The maximum atomic E-state index is 13.4. The van der Waals surface area contributed by atoms with E-state index >= 15 is 0 Å². The molecule has 5 heteroatoms. The Morgan fingerprint density at radius 2 is 2.20 bits per heavy atom. The van der Waals surface area contributed by atoms with E-state index in [1.165, 1.54) is 6.07 Å². The normalized spacial score (nSPS) is 23.4. The van der Waals surface area contributed by atoms with E-state index in [1.807, 2.05) is 13.0 Å². The Hall–Kier alpha value is -0.490. The molecule has 20 heavy (non-hydrogen) atoms. The lowest BCUT2D eigenvalue weighted by Gasteiger charge is -2.37. The fourth-order valence-electron chi connectivity index (χ4n) is 2.86. The molecule has 1 unspecified atom stereocenters. The molecule has 0 heterocycles. The van der Waals surface area contributed by atoms with Crippen LogP contribution in [0.2, 0.25) is 0 Å². The molecule has 3 N–H and O–H groups in total. The number of hydrazine groups is 1. The van der Waals surface area contributed by atoms with Crippen molar-refractivity contribution in [2.75, 3.05) is 6.61 Å². The lowest BCUT2D eigenvalue weighted by Crippen LogP contribution is -2.42. The van der Waals surface area contributed by atoms with E-state index in [9.17, 15) is 4.39 Å². The molecule has 0 radical (unpaired) electrons. The van der Waals surface area contributed by atoms with Crippen LogP contribution in [0, 0.1) is 11.7 Å². The molecule has 1 aliphatic carbocycles. The van der Waals surface area contributed by atoms with E-state index in [1.54, 1.807) is 6.07 Å². The second-order valence-corrected chi connectivity index (χ2v) is 6.41. The van der Waals surface area contributed by atoms with Gasteiger partial charge in [-0.05, 0) is 62.3 Å². The maximum absolute atomic E-state index is 13.4. The summed E-state index contributed by atoms with van der Waals surface area (Å²) in [6.07, 6.45) is 4.39. The minimum atomic E-state index is -0.217. The van der Waals surface area contributed by atoms with Gasteiger partial charge < -0.3 is 4.74 Å². The van der Waals surface area contributed by atoms with Gasteiger partial charge in [-0.2, -0.15) is 0 Å². The summed E-state index contributed by atoms with van der Waals surface area (Å²) in [6, 6.07) is 5.15. The third kappa shape index (κ3) is 4.52. The van der Waals surface area contributed by atoms with Crippen LogP contribution in [0.1, 0.15) is 31.7 Å². The number of benzene rings is 1. The summed E-state index contributed by atoms with van der Waals surface area (Å²) in [5.74, 6) is 6.07. The SMILES string of the molecule is CCOC1CC(CC(Cc2cc(F)cc(Br)c2)NN)C1. The van der Waals surface area contributed by atoms with Crippen LogP contribution >= 0.6 is 15.9 Å². The van der Waals surface area contributed by atoms with Gasteiger partial charge in [0.2, 0.25) is 0 Å². The minimum Gasteiger partial charge on any atom is -0.378 e. The van der Waals surface area contributed by atoms with Crippen LogP contribution in [0.15, 0.2) is 22.7 Å². The molecule has 1 aromatic carbocycles. The molecule has 3 nitrogen and oxygen atoms in total. The number of rotatable bonds is 7. The Morgan fingerprint density at radius 1 is 1.45 bits per heavy atom. The van der Waals surface area contributed by atoms with Gasteiger partial charge in [0, 0.05) is 17.1 Å². The Labute approximate surface area is 128 Å². The van der Waals surface area contributed by atoms with Crippen LogP contribution in [-0.2, 0) is 11.2 Å². The Morgan fingerprint density at radius 3 is 2.80 bits per heavy atom. The van der Waals surface area contributed by atoms with E-state index in [0.29, 0.717) is 12.0 Å². The first kappa shape index (κ1) is 15.9. The zero-order valence-corrected chi connectivity index (χ0v) is 13.3. The number of hydrogen-bond acceptors (Lipinski definition) is 3. The van der Waals surface area contributed by atoms with Crippen molar-refractivity contribution in [3.8, 4) is 0 Å². The standard InChI is InChI=1S/C15H22BrFN2O/c1-2-20-15-7-11(8-15)6-14(19-18)5-10-3-12(16)9-13(17)4-10/h3-4,9,11,14-15,19H,2,5-8,18H2,1H3. The fraction of sp³-hybridized carbons (Fsp3) is 0.600. The third-order valence-electron chi connectivity index (χ3n) is 3.85. The summed E-state index contributed by atoms with van der Waals surface area (Å²) in [5.41, 5.74) is 3.82. The van der Waals surface area contributed by atoms with Crippen LogP contribution < -0.4 is 11.3 Å². The van der Waals surface area contributed by atoms with Crippen LogP contribution in [0.25, 0.3) is 0 Å². The number of hydrogen-bond donors (Lipinski definition) is 2. The van der Waals surface area contributed by atoms with E-state index in [2.05, 4.69) is 21.4 Å². The molecule has 2 rings (SSSR count). The molecule has 0 saturated heterocycles. The van der Waals surface area contributed by atoms with E-state index in [0.717, 1.165) is 42.3 Å². The molecule has 112 valence electrons. The molecule has 1 aliphatic rings. The average molecular weight is 345 g/mol. The zero-order valence-electron chi connectivity index (χ0n) is 11.7. The quantitative estimate of drug-likeness (QED) is 0.590. The highest BCUT2D eigenvalue weighted by Crippen LogP contribution is 2.34. The van der Waals surface area contributed by atoms with Gasteiger partial charge in [-0.3, -0.25) is 11.3 Å². The molecule has 0 amide bonds. The highest BCUT2D eigenvalue weighted by Gasteiger charge is 2.31. The predicted molar refractivity (Wildman–Crippen MR) is 81.7 cm³/mol. The Kier molecular flexibility index (Phi) is 5.96. The zero-order chi connectivity index (χ0) is 14.5. The average Bonchev–Trinajstić information content (AvgIpc) is 2.33. The summed E-state index contributed by atoms with van der Waals surface area (Å²) in [4.78, 5) is 0. The fourth-order valence-corrected chi connectivity index (χ4v) is 3.38. The Bertz CT molecular complexity index is 418. The Balaban J connectivity index is 1.83. The van der Waals surface area contributed by atoms with Crippen LogP contribution in [0.5, 0.6) is 0 Å². The van der Waals surface area contributed by atoms with Gasteiger partial charge in [0.05, 0.1) is 6.10 Å². The second-order valence-electron chi connectivity index (χ2n) is 5.50. The van der Waals surface area contributed by atoms with Gasteiger partial charge in [-0.25, -0.2) is 4.39 Å². The summed E-state index contributed by atoms with van der Waals surface area (Å²) in [5, 5.41) is 0. The van der Waals surface area contributed by atoms with E-state index in [-0.39, 0.29) is 11.9 Å². The largest absolute Gasteiger partial charge is 0.378 e. The molecular formula is C15H22BrFN2O. The molecule has 1 aromatic rings. The van der Waals surface area contributed by atoms with Crippen LogP contribution in [-0.4, -0.2) is 18.8 Å². The highest BCUT2D eigenvalue weighted by molar-refractivity contribution is 9.10. The van der Waals surface area contributed by atoms with Crippen molar-refractivity contribution in [2.24, 2.45) is 11.8 Å². The predicted octanol–water partition coefficient (Wildman–Crippen LogP) is 3.17. The van der Waals surface area contributed by atoms with Crippen molar-refractivity contribution in [1.29, 1.82) is 0 Å². The summed E-state index contributed by atoms with van der Waals surface area (Å²) >= 11 is 3.32. The van der Waals surface area contributed by atoms with Gasteiger partial charge in [0.15, 0.2) is 0 Å². The van der Waals surface area contributed by atoms with Gasteiger partial charge in [0.1, 0.15) is 5.82 Å². The molecule has 0 aliphatic heterocycles. The first-order valence-electron chi connectivity index (χ1n) is 7.13. The molecule has 1 saturated carbocycles. The third-order valence-corrected chi connectivity index (χ3v) is 4.31. The molecule has 0 bridgehead atoms. The second kappa shape index (κ2) is 7.50. The van der Waals surface area contributed by atoms with Crippen molar-refractivity contribution in [2.45, 2.75) is 44.8 Å². The van der Waals surface area contributed by atoms with Crippen molar-refractivity contribution in [3.05, 3.63) is 34.1 Å². The molecule has 0 aromatic heterocycles. The van der Waals surface area contributed by atoms with Crippen molar-refractivity contribution in [3.63, 3.8) is 0 Å². The number of nitrogens with two attached hydrogens (primary N) is 1. The molecule has 1 atom stereocenters. The van der Waals surface area contributed by atoms with Crippen molar-refractivity contribution < 1.29 is 9.13 Å². The van der Waals surface area contributed by atoms with E-state index in [4.69, 9.17) is 10.6 Å². The molecule has 1 fully saturated rings. The van der Waals surface area contributed by atoms with E-state index < -0.39 is 0 Å². The van der Waals surface area contributed by atoms with Crippen molar-refractivity contribution in [1.82, 2.24) is 5.43 Å². The maximum Gasteiger partial charge on any atom is 0.124 e. The first-order chi connectivity index (χ1) is 9.60.